The van der Waals surface area contributed by atoms with Crippen LogP contribution in [0.1, 0.15) is 28.9 Å². The first kappa shape index (κ1) is 12.3. The summed E-state index contributed by atoms with van der Waals surface area (Å²) in [4.78, 5) is 15.8. The number of pyridine rings is 1. The number of carbonyl (C=O) groups is 1. The predicted octanol–water partition coefficient (Wildman–Crippen LogP) is 2.35. The third-order valence-electron chi connectivity index (χ3n) is 2.62. The van der Waals surface area contributed by atoms with Gasteiger partial charge in [0.25, 0.3) is 5.91 Å². The summed E-state index contributed by atoms with van der Waals surface area (Å²) in [6.07, 6.45) is 3.17. The Morgan fingerprint density at radius 3 is 2.56 bits per heavy atom. The number of nitrogens with one attached hydrogen (secondary N) is 1. The quantitative estimate of drug-likeness (QED) is 0.866. The van der Waals surface area contributed by atoms with Crippen molar-refractivity contribution in [2.75, 3.05) is 5.32 Å². The number of anilines is 1. The Kier molecular flexibility index (Phi) is 3.69. The van der Waals surface area contributed by atoms with Crippen LogP contribution >= 0.6 is 0 Å². The number of benzene rings is 1. The molecule has 1 atom stereocenters. The van der Waals surface area contributed by atoms with Crippen molar-refractivity contribution in [3.05, 3.63) is 59.9 Å². The summed E-state index contributed by atoms with van der Waals surface area (Å²) in [5.41, 5.74) is 8.08. The van der Waals surface area contributed by atoms with E-state index >= 15 is 0 Å². The molecule has 2 rings (SSSR count). The first-order chi connectivity index (χ1) is 8.66. The van der Waals surface area contributed by atoms with Gasteiger partial charge < -0.3 is 11.1 Å². The fraction of sp³-hybridized carbons (Fsp3) is 0.143. The summed E-state index contributed by atoms with van der Waals surface area (Å²) >= 11 is 0. The maximum absolute atomic E-state index is 11.9. The molecule has 0 unspecified atom stereocenters. The van der Waals surface area contributed by atoms with Crippen LogP contribution in [0, 0.1) is 0 Å². The molecular weight excluding hydrogens is 226 g/mol. The minimum Gasteiger partial charge on any atom is -0.324 e. The number of hydrogen-bond acceptors (Lipinski definition) is 3. The van der Waals surface area contributed by atoms with E-state index in [0.29, 0.717) is 5.56 Å². The van der Waals surface area contributed by atoms with Crippen LogP contribution < -0.4 is 11.1 Å². The largest absolute Gasteiger partial charge is 0.324 e. The molecule has 0 bridgehead atoms. The first-order valence-corrected chi connectivity index (χ1v) is 5.74. The number of rotatable bonds is 3. The Balaban J connectivity index is 2.08. The summed E-state index contributed by atoms with van der Waals surface area (Å²) in [6, 6.07) is 10.9. The number of carbonyl (C=O) groups excluding carboxylic acids is 1. The highest BCUT2D eigenvalue weighted by Gasteiger charge is 2.06. The molecule has 2 aromatic rings. The molecule has 18 heavy (non-hydrogen) atoms. The monoisotopic (exact) mass is 241 g/mol. The summed E-state index contributed by atoms with van der Waals surface area (Å²) < 4.78 is 0. The minimum absolute atomic E-state index is 0.00641. The van der Waals surface area contributed by atoms with E-state index < -0.39 is 0 Å². The zero-order valence-corrected chi connectivity index (χ0v) is 10.1. The van der Waals surface area contributed by atoms with Crippen molar-refractivity contribution in [3.63, 3.8) is 0 Å². The van der Waals surface area contributed by atoms with Gasteiger partial charge in [-0.15, -0.1) is 0 Å². The van der Waals surface area contributed by atoms with Crippen LogP contribution in [0.15, 0.2) is 48.8 Å². The number of amides is 1. The minimum atomic E-state index is -0.170. The third-order valence-corrected chi connectivity index (χ3v) is 2.62. The predicted molar refractivity (Wildman–Crippen MR) is 71.2 cm³/mol. The fourth-order valence-corrected chi connectivity index (χ4v) is 1.57. The van der Waals surface area contributed by atoms with Crippen molar-refractivity contribution in [2.24, 2.45) is 5.73 Å². The van der Waals surface area contributed by atoms with Gasteiger partial charge in [0, 0.05) is 24.1 Å². The second kappa shape index (κ2) is 5.42. The Labute approximate surface area is 106 Å². The molecule has 4 nitrogen and oxygen atoms in total. The van der Waals surface area contributed by atoms with Crippen molar-refractivity contribution in [3.8, 4) is 0 Å². The van der Waals surface area contributed by atoms with Gasteiger partial charge in [0.15, 0.2) is 0 Å². The molecule has 3 N–H and O–H groups in total. The van der Waals surface area contributed by atoms with Gasteiger partial charge in [-0.2, -0.15) is 0 Å². The molecule has 0 fully saturated rings. The molecular formula is C14H15N3O. The summed E-state index contributed by atoms with van der Waals surface area (Å²) in [6.45, 7) is 1.92. The number of nitrogens with two attached hydrogens (primary N) is 1. The van der Waals surface area contributed by atoms with Crippen molar-refractivity contribution in [1.82, 2.24) is 4.98 Å². The van der Waals surface area contributed by atoms with Crippen LogP contribution in [0.2, 0.25) is 0 Å². The highest BCUT2D eigenvalue weighted by molar-refractivity contribution is 6.03. The molecule has 0 aliphatic rings. The highest BCUT2D eigenvalue weighted by atomic mass is 16.1. The lowest BCUT2D eigenvalue weighted by atomic mass is 10.1. The molecule has 92 valence electrons. The van der Waals surface area contributed by atoms with Gasteiger partial charge in [0.2, 0.25) is 0 Å². The van der Waals surface area contributed by atoms with Crippen LogP contribution in [0.25, 0.3) is 0 Å². The Hall–Kier alpha value is -2.20. The van der Waals surface area contributed by atoms with Gasteiger partial charge in [-0.25, -0.2) is 0 Å². The summed E-state index contributed by atoms with van der Waals surface area (Å²) in [5.74, 6) is -0.170. The smallest absolute Gasteiger partial charge is 0.257 e. The lowest BCUT2D eigenvalue weighted by molar-refractivity contribution is 0.102. The normalized spacial score (nSPS) is 11.9. The van der Waals surface area contributed by atoms with Crippen LogP contribution in [0.5, 0.6) is 0 Å². The molecule has 0 radical (unpaired) electrons. The molecule has 0 aliphatic carbocycles. The van der Waals surface area contributed by atoms with E-state index in [0.717, 1.165) is 11.3 Å². The molecule has 1 heterocycles. The maximum Gasteiger partial charge on any atom is 0.257 e. The molecule has 4 heteroatoms. The van der Waals surface area contributed by atoms with Gasteiger partial charge in [0.1, 0.15) is 0 Å². The lowest BCUT2D eigenvalue weighted by Crippen LogP contribution is -2.12. The van der Waals surface area contributed by atoms with E-state index in [9.17, 15) is 4.79 Å². The summed E-state index contributed by atoms with van der Waals surface area (Å²) in [7, 11) is 0. The highest BCUT2D eigenvalue weighted by Crippen LogP contribution is 2.14. The van der Waals surface area contributed by atoms with Crippen LogP contribution in [0.4, 0.5) is 5.69 Å². The average Bonchev–Trinajstić information content (AvgIpc) is 2.40. The van der Waals surface area contributed by atoms with Gasteiger partial charge in [-0.05, 0) is 36.8 Å². The Bertz CT molecular complexity index is 520. The van der Waals surface area contributed by atoms with Gasteiger partial charge in [0.05, 0.1) is 5.56 Å². The lowest BCUT2D eigenvalue weighted by Gasteiger charge is -2.08. The Morgan fingerprint density at radius 1 is 1.28 bits per heavy atom. The van der Waals surface area contributed by atoms with E-state index in [1.165, 1.54) is 6.20 Å². The topological polar surface area (TPSA) is 68.0 Å². The van der Waals surface area contributed by atoms with Crippen LogP contribution in [0.3, 0.4) is 0 Å². The van der Waals surface area contributed by atoms with E-state index in [2.05, 4.69) is 10.3 Å². The maximum atomic E-state index is 11.9. The van der Waals surface area contributed by atoms with Gasteiger partial charge in [-0.3, -0.25) is 9.78 Å². The zero-order chi connectivity index (χ0) is 13.0. The van der Waals surface area contributed by atoms with Crippen molar-refractivity contribution >= 4 is 11.6 Å². The molecule has 0 aliphatic heterocycles. The van der Waals surface area contributed by atoms with E-state index in [1.807, 2.05) is 31.2 Å². The number of nitrogens with zero attached hydrogens (tertiary/aromatic N) is 1. The second-order valence-electron chi connectivity index (χ2n) is 4.11. The zero-order valence-electron chi connectivity index (χ0n) is 10.1. The molecule has 0 saturated carbocycles. The molecule has 1 amide bonds. The van der Waals surface area contributed by atoms with Gasteiger partial charge >= 0.3 is 0 Å². The number of hydrogen-bond donors (Lipinski definition) is 2. The third kappa shape index (κ3) is 2.93. The summed E-state index contributed by atoms with van der Waals surface area (Å²) in [5, 5.41) is 2.80. The molecule has 1 aromatic carbocycles. The molecule has 0 spiro atoms. The molecule has 1 aromatic heterocycles. The van der Waals surface area contributed by atoms with Crippen LogP contribution in [-0.4, -0.2) is 10.9 Å². The molecule has 0 saturated heterocycles. The van der Waals surface area contributed by atoms with Crippen molar-refractivity contribution < 1.29 is 4.79 Å². The second-order valence-corrected chi connectivity index (χ2v) is 4.11. The van der Waals surface area contributed by atoms with Gasteiger partial charge in [-0.1, -0.05) is 12.1 Å². The Morgan fingerprint density at radius 2 is 2.00 bits per heavy atom. The van der Waals surface area contributed by atoms with E-state index in [4.69, 9.17) is 5.73 Å². The first-order valence-electron chi connectivity index (χ1n) is 5.74. The van der Waals surface area contributed by atoms with E-state index in [-0.39, 0.29) is 11.9 Å². The standard InChI is InChI=1S/C14H15N3O/c1-10(15)11-4-6-13(7-5-11)17-14(18)12-3-2-8-16-9-12/h2-10H,15H2,1H3,(H,17,18)/t10-/m0/s1. The number of aromatic nitrogens is 1. The van der Waals surface area contributed by atoms with Crippen molar-refractivity contribution in [2.45, 2.75) is 13.0 Å². The van der Waals surface area contributed by atoms with Crippen LogP contribution in [-0.2, 0) is 0 Å². The SMILES string of the molecule is C[C@H](N)c1ccc(NC(=O)c2cccnc2)cc1. The fourth-order valence-electron chi connectivity index (χ4n) is 1.57. The van der Waals surface area contributed by atoms with E-state index in [1.54, 1.807) is 18.3 Å². The average molecular weight is 241 g/mol. The van der Waals surface area contributed by atoms with Crippen molar-refractivity contribution in [1.29, 1.82) is 0 Å².